The van der Waals surface area contributed by atoms with E-state index >= 15 is 0 Å². The van der Waals surface area contributed by atoms with Gasteiger partial charge in [-0.2, -0.15) is 0 Å². The van der Waals surface area contributed by atoms with Crippen LogP contribution >= 0.6 is 0 Å². The van der Waals surface area contributed by atoms with Gasteiger partial charge in [0.05, 0.1) is 33.0 Å². The Balaban J connectivity index is 1.60. The molecule has 1 aromatic rings. The van der Waals surface area contributed by atoms with Crippen molar-refractivity contribution in [3.05, 3.63) is 23.8 Å². The number of amides is 2. The van der Waals surface area contributed by atoms with Gasteiger partial charge in [-0.25, -0.2) is 4.79 Å². The van der Waals surface area contributed by atoms with Crippen LogP contribution in [0.5, 0.6) is 11.5 Å². The molecule has 1 saturated carbocycles. The summed E-state index contributed by atoms with van der Waals surface area (Å²) in [5.74, 6) is 1.35. The number of ether oxygens (including phenoxy) is 3. The summed E-state index contributed by atoms with van der Waals surface area (Å²) in [6.07, 6.45) is 3.45. The summed E-state index contributed by atoms with van der Waals surface area (Å²) in [6.45, 7) is 1.76. The van der Waals surface area contributed by atoms with Gasteiger partial charge in [0.15, 0.2) is 11.5 Å². The highest BCUT2D eigenvalue weighted by Gasteiger charge is 2.38. The summed E-state index contributed by atoms with van der Waals surface area (Å²) in [5.41, 5.74) is 0.979. The summed E-state index contributed by atoms with van der Waals surface area (Å²) >= 11 is 0. The molecule has 0 radical (unpaired) electrons. The minimum Gasteiger partial charge on any atom is -0.493 e. The van der Waals surface area contributed by atoms with Crippen molar-refractivity contribution in [2.75, 3.05) is 27.4 Å². The van der Waals surface area contributed by atoms with Crippen LogP contribution in [0.3, 0.4) is 0 Å². The zero-order valence-corrected chi connectivity index (χ0v) is 13.7. The molecule has 0 bridgehead atoms. The Bertz CT molecular complexity index is 564. The average Bonchev–Trinajstić information content (AvgIpc) is 3.07. The standard InChI is InChI=1S/C17H24N2O4/c1-21-15-7-6-12(10-16(15)22-2)11-18-17(20)19-8-9-23-14-5-3-4-13(14)19/h6-7,10,13-14H,3-5,8-9,11H2,1-2H3,(H,18,20). The fourth-order valence-corrected chi connectivity index (χ4v) is 3.45. The van der Waals surface area contributed by atoms with Crippen molar-refractivity contribution >= 4 is 6.03 Å². The highest BCUT2D eigenvalue weighted by atomic mass is 16.5. The third-order valence-electron chi connectivity index (χ3n) is 4.63. The van der Waals surface area contributed by atoms with E-state index in [4.69, 9.17) is 14.2 Å². The van der Waals surface area contributed by atoms with Crippen LogP contribution in [0.25, 0.3) is 0 Å². The lowest BCUT2D eigenvalue weighted by Crippen LogP contribution is -2.54. The van der Waals surface area contributed by atoms with Gasteiger partial charge in [-0.05, 0) is 37.0 Å². The number of methoxy groups -OCH3 is 2. The maximum atomic E-state index is 12.5. The van der Waals surface area contributed by atoms with Gasteiger partial charge in [-0.15, -0.1) is 0 Å². The van der Waals surface area contributed by atoms with Crippen LogP contribution in [0.2, 0.25) is 0 Å². The second kappa shape index (κ2) is 7.08. The number of nitrogens with one attached hydrogen (secondary N) is 1. The van der Waals surface area contributed by atoms with Crippen LogP contribution in [-0.2, 0) is 11.3 Å². The lowest BCUT2D eigenvalue weighted by Gasteiger charge is -2.37. The molecule has 3 rings (SSSR count). The Morgan fingerprint density at radius 1 is 1.30 bits per heavy atom. The van der Waals surface area contributed by atoms with E-state index in [-0.39, 0.29) is 18.2 Å². The summed E-state index contributed by atoms with van der Waals surface area (Å²) < 4.78 is 16.3. The van der Waals surface area contributed by atoms with Gasteiger partial charge >= 0.3 is 6.03 Å². The van der Waals surface area contributed by atoms with Crippen molar-refractivity contribution in [3.8, 4) is 11.5 Å². The third-order valence-corrected chi connectivity index (χ3v) is 4.63. The minimum atomic E-state index is -0.0139. The number of rotatable bonds is 4. The molecule has 2 fully saturated rings. The molecule has 6 heteroatoms. The Labute approximate surface area is 136 Å². The topological polar surface area (TPSA) is 60.0 Å². The molecule has 6 nitrogen and oxygen atoms in total. The first-order valence-electron chi connectivity index (χ1n) is 8.10. The Morgan fingerprint density at radius 3 is 2.91 bits per heavy atom. The number of morpholine rings is 1. The smallest absolute Gasteiger partial charge is 0.318 e. The Morgan fingerprint density at radius 2 is 2.13 bits per heavy atom. The van der Waals surface area contributed by atoms with Crippen molar-refractivity contribution in [2.45, 2.75) is 38.0 Å². The van der Waals surface area contributed by atoms with Crippen LogP contribution in [0.4, 0.5) is 4.79 Å². The maximum absolute atomic E-state index is 12.5. The molecule has 1 saturated heterocycles. The lowest BCUT2D eigenvalue weighted by atomic mass is 10.1. The second-order valence-corrected chi connectivity index (χ2v) is 5.95. The van der Waals surface area contributed by atoms with Gasteiger partial charge in [0, 0.05) is 13.1 Å². The van der Waals surface area contributed by atoms with Crippen molar-refractivity contribution in [1.29, 1.82) is 0 Å². The predicted molar refractivity (Wildman–Crippen MR) is 85.9 cm³/mol. The number of benzene rings is 1. The van der Waals surface area contributed by atoms with Gasteiger partial charge in [0.2, 0.25) is 0 Å². The molecule has 2 unspecified atom stereocenters. The molecule has 1 heterocycles. The molecule has 1 aliphatic carbocycles. The SMILES string of the molecule is COc1ccc(CNC(=O)N2CCOC3CCCC32)cc1OC. The maximum Gasteiger partial charge on any atom is 0.318 e. The zero-order chi connectivity index (χ0) is 16.2. The molecule has 2 atom stereocenters. The lowest BCUT2D eigenvalue weighted by molar-refractivity contribution is -0.0383. The molecular weight excluding hydrogens is 296 g/mol. The first-order chi connectivity index (χ1) is 11.2. The Kier molecular flexibility index (Phi) is 4.91. The van der Waals surface area contributed by atoms with E-state index in [1.54, 1.807) is 14.2 Å². The van der Waals surface area contributed by atoms with Crippen LogP contribution in [0.15, 0.2) is 18.2 Å². The molecule has 1 aromatic carbocycles. The quantitative estimate of drug-likeness (QED) is 0.923. The minimum absolute atomic E-state index is 0.0139. The molecular formula is C17H24N2O4. The molecule has 1 N–H and O–H groups in total. The monoisotopic (exact) mass is 320 g/mol. The molecule has 0 spiro atoms. The van der Waals surface area contributed by atoms with E-state index < -0.39 is 0 Å². The number of nitrogens with zero attached hydrogens (tertiary/aromatic N) is 1. The number of hydrogen-bond donors (Lipinski definition) is 1. The van der Waals surface area contributed by atoms with E-state index in [0.29, 0.717) is 31.2 Å². The van der Waals surface area contributed by atoms with Crippen molar-refractivity contribution in [1.82, 2.24) is 10.2 Å². The number of urea groups is 1. The zero-order valence-electron chi connectivity index (χ0n) is 13.7. The molecule has 2 aliphatic rings. The Hall–Kier alpha value is -1.95. The largest absolute Gasteiger partial charge is 0.493 e. The molecule has 1 aliphatic heterocycles. The van der Waals surface area contributed by atoms with Crippen LogP contribution in [-0.4, -0.2) is 50.4 Å². The number of hydrogen-bond acceptors (Lipinski definition) is 4. The van der Waals surface area contributed by atoms with Crippen LogP contribution in [0, 0.1) is 0 Å². The first kappa shape index (κ1) is 15.9. The highest BCUT2D eigenvalue weighted by molar-refractivity contribution is 5.74. The van der Waals surface area contributed by atoms with Crippen LogP contribution in [0.1, 0.15) is 24.8 Å². The molecule has 2 amide bonds. The van der Waals surface area contributed by atoms with E-state index in [2.05, 4.69) is 5.32 Å². The molecule has 126 valence electrons. The van der Waals surface area contributed by atoms with Gasteiger partial charge < -0.3 is 24.4 Å². The van der Waals surface area contributed by atoms with E-state index in [0.717, 1.165) is 24.8 Å². The summed E-state index contributed by atoms with van der Waals surface area (Å²) in [5, 5.41) is 3.01. The number of fused-ring (bicyclic) bond motifs is 1. The first-order valence-corrected chi connectivity index (χ1v) is 8.10. The third kappa shape index (κ3) is 3.37. The predicted octanol–water partition coefficient (Wildman–Crippen LogP) is 2.17. The summed E-state index contributed by atoms with van der Waals surface area (Å²) in [4.78, 5) is 14.4. The van der Waals surface area contributed by atoms with E-state index in [9.17, 15) is 4.79 Å². The van der Waals surface area contributed by atoms with Crippen molar-refractivity contribution in [3.63, 3.8) is 0 Å². The normalized spacial score (nSPS) is 23.3. The van der Waals surface area contributed by atoms with E-state index in [1.165, 1.54) is 0 Å². The molecule has 0 aromatic heterocycles. The van der Waals surface area contributed by atoms with Gasteiger partial charge in [0.1, 0.15) is 0 Å². The fraction of sp³-hybridized carbons (Fsp3) is 0.588. The van der Waals surface area contributed by atoms with Gasteiger partial charge in [-0.3, -0.25) is 0 Å². The highest BCUT2D eigenvalue weighted by Crippen LogP contribution is 2.30. The average molecular weight is 320 g/mol. The van der Waals surface area contributed by atoms with Crippen molar-refractivity contribution in [2.24, 2.45) is 0 Å². The number of carbonyl (C=O) groups excluding carboxylic acids is 1. The number of carbonyl (C=O) groups is 1. The summed E-state index contributed by atoms with van der Waals surface area (Å²) in [6, 6.07) is 5.88. The van der Waals surface area contributed by atoms with Gasteiger partial charge in [-0.1, -0.05) is 6.07 Å². The van der Waals surface area contributed by atoms with Crippen LogP contribution < -0.4 is 14.8 Å². The second-order valence-electron chi connectivity index (χ2n) is 5.95. The van der Waals surface area contributed by atoms with Gasteiger partial charge in [0.25, 0.3) is 0 Å². The molecule has 23 heavy (non-hydrogen) atoms. The van der Waals surface area contributed by atoms with Crippen molar-refractivity contribution < 1.29 is 19.0 Å². The van der Waals surface area contributed by atoms with E-state index in [1.807, 2.05) is 23.1 Å². The fourth-order valence-electron chi connectivity index (χ4n) is 3.45. The summed E-state index contributed by atoms with van der Waals surface area (Å²) in [7, 11) is 3.21.